The van der Waals surface area contributed by atoms with Crippen LogP contribution in [-0.2, 0) is 9.53 Å². The third kappa shape index (κ3) is 7.34. The van der Waals surface area contributed by atoms with Crippen LogP contribution in [0.25, 0.3) is 0 Å². The summed E-state index contributed by atoms with van der Waals surface area (Å²) in [5, 5.41) is 3.39. The maximum absolute atomic E-state index is 12.0. The van der Waals surface area contributed by atoms with Crippen LogP contribution in [0.15, 0.2) is 0 Å². The maximum atomic E-state index is 12.0. The minimum absolute atomic E-state index is 0.0862. The monoisotopic (exact) mass is 244 g/mol. The predicted molar refractivity (Wildman–Crippen MR) is 71.0 cm³/mol. The van der Waals surface area contributed by atoms with Crippen molar-refractivity contribution in [1.82, 2.24) is 10.2 Å². The lowest BCUT2D eigenvalue weighted by Gasteiger charge is -2.26. The van der Waals surface area contributed by atoms with Gasteiger partial charge in [-0.2, -0.15) is 0 Å². The van der Waals surface area contributed by atoms with Crippen molar-refractivity contribution in [2.75, 3.05) is 27.8 Å². The van der Waals surface area contributed by atoms with E-state index < -0.39 is 0 Å². The number of rotatable bonds is 8. The van der Waals surface area contributed by atoms with Crippen LogP contribution >= 0.6 is 0 Å². The minimum atomic E-state index is -0.0862. The second kappa shape index (κ2) is 8.48. The van der Waals surface area contributed by atoms with Gasteiger partial charge in [-0.3, -0.25) is 4.79 Å². The van der Waals surface area contributed by atoms with Crippen LogP contribution < -0.4 is 5.32 Å². The van der Waals surface area contributed by atoms with Crippen molar-refractivity contribution in [3.63, 3.8) is 0 Å². The van der Waals surface area contributed by atoms with Gasteiger partial charge in [0.2, 0.25) is 5.91 Å². The van der Waals surface area contributed by atoms with E-state index in [4.69, 9.17) is 4.74 Å². The summed E-state index contributed by atoms with van der Waals surface area (Å²) in [7, 11) is 5.30. The smallest absolute Gasteiger partial charge is 0.239 e. The van der Waals surface area contributed by atoms with E-state index in [0.717, 1.165) is 19.4 Å². The van der Waals surface area contributed by atoms with E-state index in [1.807, 2.05) is 0 Å². The molecule has 0 aromatic carbocycles. The molecule has 0 fully saturated rings. The number of carbonyl (C=O) groups excluding carboxylic acids is 1. The molecule has 2 atom stereocenters. The highest BCUT2D eigenvalue weighted by atomic mass is 16.5. The topological polar surface area (TPSA) is 41.6 Å². The maximum Gasteiger partial charge on any atom is 0.239 e. The van der Waals surface area contributed by atoms with Crippen molar-refractivity contribution in [2.45, 2.75) is 45.7 Å². The second-order valence-electron chi connectivity index (χ2n) is 5.26. The van der Waals surface area contributed by atoms with E-state index >= 15 is 0 Å². The van der Waals surface area contributed by atoms with Crippen molar-refractivity contribution in [3.05, 3.63) is 0 Å². The molecule has 0 radical (unpaired) electrons. The molecule has 0 saturated heterocycles. The van der Waals surface area contributed by atoms with E-state index in [-0.39, 0.29) is 11.9 Å². The Labute approximate surface area is 106 Å². The molecule has 0 saturated carbocycles. The zero-order chi connectivity index (χ0) is 13.4. The van der Waals surface area contributed by atoms with Crippen LogP contribution in [0.3, 0.4) is 0 Å². The molecule has 0 aliphatic rings. The highest BCUT2D eigenvalue weighted by Gasteiger charge is 2.22. The third-order valence-electron chi connectivity index (χ3n) is 2.69. The van der Waals surface area contributed by atoms with Crippen LogP contribution in [0.1, 0.15) is 33.6 Å². The van der Waals surface area contributed by atoms with Crippen LogP contribution in [0.2, 0.25) is 0 Å². The predicted octanol–water partition coefficient (Wildman–Crippen LogP) is 1.50. The normalized spacial score (nSPS) is 14.8. The quantitative estimate of drug-likeness (QED) is 0.703. The molecule has 0 bridgehead atoms. The first-order chi connectivity index (χ1) is 7.88. The van der Waals surface area contributed by atoms with Gasteiger partial charge in [0.15, 0.2) is 0 Å². The van der Waals surface area contributed by atoms with Crippen molar-refractivity contribution >= 4 is 5.91 Å². The largest absolute Gasteiger partial charge is 0.385 e. The molecule has 0 aliphatic carbocycles. The highest BCUT2D eigenvalue weighted by Crippen LogP contribution is 2.08. The molecule has 0 heterocycles. The van der Waals surface area contributed by atoms with Crippen LogP contribution in [0.4, 0.5) is 0 Å². The van der Waals surface area contributed by atoms with Crippen molar-refractivity contribution in [1.29, 1.82) is 0 Å². The van der Waals surface area contributed by atoms with Crippen molar-refractivity contribution in [3.8, 4) is 0 Å². The van der Waals surface area contributed by atoms with E-state index in [1.54, 1.807) is 26.1 Å². The SMILES string of the molecule is COCCC(C)NC(CC(C)C)C(=O)N(C)C. The van der Waals surface area contributed by atoms with Gasteiger partial charge < -0.3 is 15.0 Å². The Bertz CT molecular complexity index is 217. The van der Waals surface area contributed by atoms with E-state index in [9.17, 15) is 4.79 Å². The molecule has 0 aromatic rings. The molecule has 4 heteroatoms. The lowest BCUT2D eigenvalue weighted by atomic mass is 10.0. The second-order valence-corrected chi connectivity index (χ2v) is 5.26. The summed E-state index contributed by atoms with van der Waals surface area (Å²) < 4.78 is 5.05. The molecule has 1 amide bonds. The zero-order valence-electron chi connectivity index (χ0n) is 12.1. The van der Waals surface area contributed by atoms with Gasteiger partial charge in [0.05, 0.1) is 6.04 Å². The number of nitrogens with one attached hydrogen (secondary N) is 1. The van der Waals surface area contributed by atoms with Gasteiger partial charge in [-0.1, -0.05) is 13.8 Å². The molecule has 0 rings (SSSR count). The van der Waals surface area contributed by atoms with Gasteiger partial charge in [-0.25, -0.2) is 0 Å². The molecule has 2 unspecified atom stereocenters. The summed E-state index contributed by atoms with van der Waals surface area (Å²) in [5.41, 5.74) is 0. The molecule has 17 heavy (non-hydrogen) atoms. The average molecular weight is 244 g/mol. The average Bonchev–Trinajstić information content (AvgIpc) is 2.23. The number of carbonyl (C=O) groups is 1. The first-order valence-electron chi connectivity index (χ1n) is 6.34. The van der Waals surface area contributed by atoms with Gasteiger partial charge in [-0.05, 0) is 25.7 Å². The number of nitrogens with zero attached hydrogens (tertiary/aromatic N) is 1. The Morgan fingerprint density at radius 1 is 1.29 bits per heavy atom. The third-order valence-corrected chi connectivity index (χ3v) is 2.69. The Balaban J connectivity index is 4.32. The number of hydrogen-bond donors (Lipinski definition) is 1. The van der Waals surface area contributed by atoms with E-state index in [0.29, 0.717) is 12.0 Å². The molecule has 0 spiro atoms. The molecular formula is C13H28N2O2. The minimum Gasteiger partial charge on any atom is -0.385 e. The summed E-state index contributed by atoms with van der Waals surface area (Å²) in [6.45, 7) is 7.09. The van der Waals surface area contributed by atoms with E-state index in [1.165, 1.54) is 0 Å². The summed E-state index contributed by atoms with van der Waals surface area (Å²) in [5.74, 6) is 0.661. The van der Waals surface area contributed by atoms with Crippen LogP contribution in [0, 0.1) is 5.92 Å². The first-order valence-corrected chi connectivity index (χ1v) is 6.34. The summed E-state index contributed by atoms with van der Waals surface area (Å²) in [4.78, 5) is 13.7. The molecular weight excluding hydrogens is 216 g/mol. The number of ether oxygens (including phenoxy) is 1. The fraction of sp³-hybridized carbons (Fsp3) is 0.923. The Hall–Kier alpha value is -0.610. The molecule has 0 aliphatic heterocycles. The summed E-state index contributed by atoms with van der Waals surface area (Å²) in [6, 6.07) is 0.208. The Morgan fingerprint density at radius 2 is 1.88 bits per heavy atom. The van der Waals surface area contributed by atoms with Gasteiger partial charge in [0, 0.05) is 33.9 Å². The highest BCUT2D eigenvalue weighted by molar-refractivity contribution is 5.81. The summed E-state index contributed by atoms with van der Waals surface area (Å²) in [6.07, 6.45) is 1.79. The lowest BCUT2D eigenvalue weighted by Crippen LogP contribution is -2.48. The molecule has 4 nitrogen and oxygen atoms in total. The van der Waals surface area contributed by atoms with Crippen LogP contribution in [-0.4, -0.2) is 50.7 Å². The van der Waals surface area contributed by atoms with Crippen LogP contribution in [0.5, 0.6) is 0 Å². The number of amides is 1. The fourth-order valence-corrected chi connectivity index (χ4v) is 1.74. The van der Waals surface area contributed by atoms with Crippen molar-refractivity contribution in [2.24, 2.45) is 5.92 Å². The van der Waals surface area contributed by atoms with Gasteiger partial charge in [-0.15, -0.1) is 0 Å². The van der Waals surface area contributed by atoms with Crippen molar-refractivity contribution < 1.29 is 9.53 Å². The van der Waals surface area contributed by atoms with E-state index in [2.05, 4.69) is 26.1 Å². The first kappa shape index (κ1) is 16.4. The summed E-state index contributed by atoms with van der Waals surface area (Å²) >= 11 is 0. The lowest BCUT2D eigenvalue weighted by molar-refractivity contribution is -0.131. The number of methoxy groups -OCH3 is 1. The number of hydrogen-bond acceptors (Lipinski definition) is 3. The zero-order valence-corrected chi connectivity index (χ0v) is 12.1. The molecule has 1 N–H and O–H groups in total. The molecule has 102 valence electrons. The molecule has 0 aromatic heterocycles. The Kier molecular flexibility index (Phi) is 8.17. The Morgan fingerprint density at radius 3 is 2.29 bits per heavy atom. The van der Waals surface area contributed by atoms with Gasteiger partial charge in [0.25, 0.3) is 0 Å². The standard InChI is InChI=1S/C13H28N2O2/c1-10(2)9-12(13(16)15(4)5)14-11(3)7-8-17-6/h10-12,14H,7-9H2,1-6H3. The number of likely N-dealkylation sites (N-methyl/N-ethyl adjacent to an activating group) is 1. The van der Waals surface area contributed by atoms with Gasteiger partial charge in [0.1, 0.15) is 0 Å². The fourth-order valence-electron chi connectivity index (χ4n) is 1.74. The van der Waals surface area contributed by atoms with Gasteiger partial charge >= 0.3 is 0 Å².